The van der Waals surface area contributed by atoms with Gasteiger partial charge in [-0.1, -0.05) is 18.0 Å². The molecule has 25 heavy (non-hydrogen) atoms. The van der Waals surface area contributed by atoms with E-state index in [0.717, 1.165) is 25.7 Å². The molecule has 3 rings (SSSR count). The third kappa shape index (κ3) is 3.99. The Balaban J connectivity index is 0.00000225. The number of rotatable bonds is 6. The zero-order valence-corrected chi connectivity index (χ0v) is 14.5. The molecule has 9 nitrogen and oxygen atoms in total. The van der Waals surface area contributed by atoms with Gasteiger partial charge < -0.3 is 19.7 Å². The van der Waals surface area contributed by atoms with Gasteiger partial charge in [-0.05, 0) is 18.9 Å². The standard InChI is InChI=1S/C15H18N4O5.ClH/c1-22-12-8-10(4-5-11(12)19(20)21)23-9-13-17-14(18-24-13)15(16)6-2-3-7-15;/h4-5,8H,2-3,6-7,9,16H2,1H3;1H. The smallest absolute Gasteiger partial charge is 0.311 e. The summed E-state index contributed by atoms with van der Waals surface area (Å²) >= 11 is 0. The van der Waals surface area contributed by atoms with Crippen LogP contribution in [0.2, 0.25) is 0 Å². The fourth-order valence-corrected chi connectivity index (χ4v) is 2.79. The second-order valence-electron chi connectivity index (χ2n) is 5.75. The maximum atomic E-state index is 10.9. The predicted molar refractivity (Wildman–Crippen MR) is 89.9 cm³/mol. The summed E-state index contributed by atoms with van der Waals surface area (Å²) < 4.78 is 15.7. The van der Waals surface area contributed by atoms with Gasteiger partial charge in [-0.3, -0.25) is 10.1 Å². The summed E-state index contributed by atoms with van der Waals surface area (Å²) in [6.45, 7) is 0.0457. The van der Waals surface area contributed by atoms with Crippen molar-refractivity contribution < 1.29 is 18.9 Å². The third-order valence-corrected chi connectivity index (χ3v) is 4.12. The molecule has 0 aliphatic heterocycles. The first-order valence-electron chi connectivity index (χ1n) is 7.59. The van der Waals surface area contributed by atoms with Crippen LogP contribution < -0.4 is 15.2 Å². The van der Waals surface area contributed by atoms with Gasteiger partial charge in [0.25, 0.3) is 5.89 Å². The number of hydrogen-bond donors (Lipinski definition) is 1. The second kappa shape index (κ2) is 7.66. The molecular weight excluding hydrogens is 352 g/mol. The van der Waals surface area contributed by atoms with E-state index >= 15 is 0 Å². The average molecular weight is 371 g/mol. The van der Waals surface area contributed by atoms with Crippen LogP contribution in [0, 0.1) is 10.1 Å². The molecule has 0 radical (unpaired) electrons. The number of methoxy groups -OCH3 is 1. The van der Waals surface area contributed by atoms with Crippen molar-refractivity contribution in [1.29, 1.82) is 0 Å². The van der Waals surface area contributed by atoms with Crippen LogP contribution in [0.1, 0.15) is 37.4 Å². The molecule has 0 unspecified atom stereocenters. The fraction of sp³-hybridized carbons (Fsp3) is 0.467. The quantitative estimate of drug-likeness (QED) is 0.607. The number of nitro groups is 1. The van der Waals surface area contributed by atoms with Crippen LogP contribution in [0.3, 0.4) is 0 Å². The van der Waals surface area contributed by atoms with E-state index in [1.54, 1.807) is 0 Å². The van der Waals surface area contributed by atoms with E-state index in [1.807, 2.05) is 0 Å². The van der Waals surface area contributed by atoms with Crippen molar-refractivity contribution in [2.45, 2.75) is 37.8 Å². The first kappa shape index (κ1) is 18.9. The molecule has 0 bridgehead atoms. The number of halogens is 1. The number of benzene rings is 1. The Hall–Kier alpha value is -2.39. The van der Waals surface area contributed by atoms with E-state index in [9.17, 15) is 10.1 Å². The lowest BCUT2D eigenvalue weighted by Crippen LogP contribution is -2.34. The summed E-state index contributed by atoms with van der Waals surface area (Å²) in [6.07, 6.45) is 3.79. The zero-order chi connectivity index (χ0) is 17.2. The molecule has 1 aliphatic rings. The lowest BCUT2D eigenvalue weighted by Gasteiger charge is -2.17. The minimum Gasteiger partial charge on any atom is -0.490 e. The Kier molecular flexibility index (Phi) is 5.81. The van der Waals surface area contributed by atoms with Gasteiger partial charge in [0.2, 0.25) is 5.75 Å². The third-order valence-electron chi connectivity index (χ3n) is 4.12. The Bertz CT molecular complexity index is 745. The van der Waals surface area contributed by atoms with Gasteiger partial charge in [0.1, 0.15) is 5.75 Å². The van der Waals surface area contributed by atoms with E-state index in [4.69, 9.17) is 19.7 Å². The predicted octanol–water partition coefficient (Wildman–Crippen LogP) is 2.72. The molecule has 136 valence electrons. The van der Waals surface area contributed by atoms with E-state index in [0.29, 0.717) is 17.5 Å². The molecule has 1 heterocycles. The molecule has 1 fully saturated rings. The van der Waals surface area contributed by atoms with Crippen LogP contribution in [0.25, 0.3) is 0 Å². The van der Waals surface area contributed by atoms with Crippen LogP contribution in [0.4, 0.5) is 5.69 Å². The maximum absolute atomic E-state index is 10.9. The van der Waals surface area contributed by atoms with Crippen molar-refractivity contribution >= 4 is 18.1 Å². The highest BCUT2D eigenvalue weighted by Crippen LogP contribution is 2.35. The Morgan fingerprint density at radius 3 is 2.76 bits per heavy atom. The van der Waals surface area contributed by atoms with Gasteiger partial charge in [-0.15, -0.1) is 12.4 Å². The van der Waals surface area contributed by atoms with E-state index < -0.39 is 10.5 Å². The Labute approximate surface area is 150 Å². The normalized spacial score (nSPS) is 15.4. The minimum atomic E-state index is -0.519. The maximum Gasteiger partial charge on any atom is 0.311 e. The highest BCUT2D eigenvalue weighted by atomic mass is 35.5. The van der Waals surface area contributed by atoms with Crippen LogP contribution in [-0.4, -0.2) is 22.2 Å². The highest BCUT2D eigenvalue weighted by molar-refractivity contribution is 5.85. The molecule has 10 heteroatoms. The number of nitrogens with zero attached hydrogens (tertiary/aromatic N) is 3. The molecule has 1 saturated carbocycles. The van der Waals surface area contributed by atoms with Crippen molar-refractivity contribution in [3.05, 3.63) is 40.0 Å². The molecule has 0 atom stereocenters. The first-order valence-corrected chi connectivity index (χ1v) is 7.59. The van der Waals surface area contributed by atoms with E-state index in [2.05, 4.69) is 10.1 Å². The van der Waals surface area contributed by atoms with E-state index in [1.165, 1.54) is 25.3 Å². The Morgan fingerprint density at radius 2 is 2.12 bits per heavy atom. The summed E-state index contributed by atoms with van der Waals surface area (Å²) in [4.78, 5) is 14.7. The molecule has 2 aromatic rings. The van der Waals surface area contributed by atoms with Crippen LogP contribution in [0.5, 0.6) is 11.5 Å². The number of aromatic nitrogens is 2. The summed E-state index contributed by atoms with van der Waals surface area (Å²) in [5, 5.41) is 14.8. The lowest BCUT2D eigenvalue weighted by molar-refractivity contribution is -0.385. The SMILES string of the molecule is COc1cc(OCc2nc(C3(N)CCCC3)no2)ccc1[N+](=O)[O-].Cl. The molecule has 0 saturated heterocycles. The zero-order valence-electron chi connectivity index (χ0n) is 13.6. The largest absolute Gasteiger partial charge is 0.490 e. The topological polar surface area (TPSA) is 127 Å². The van der Waals surface area contributed by atoms with Crippen LogP contribution in [0.15, 0.2) is 22.7 Å². The number of nitro benzene ring substituents is 1. The lowest BCUT2D eigenvalue weighted by atomic mass is 9.99. The molecule has 1 aromatic heterocycles. The summed E-state index contributed by atoms with van der Waals surface area (Å²) in [5.41, 5.74) is 5.63. The second-order valence-corrected chi connectivity index (χ2v) is 5.75. The van der Waals surface area contributed by atoms with Crippen LogP contribution in [-0.2, 0) is 12.1 Å². The first-order chi connectivity index (χ1) is 11.5. The molecule has 1 aliphatic carbocycles. The highest BCUT2D eigenvalue weighted by Gasteiger charge is 2.36. The van der Waals surface area contributed by atoms with E-state index in [-0.39, 0.29) is 30.5 Å². The molecule has 0 amide bonds. The van der Waals surface area contributed by atoms with Gasteiger partial charge in [0, 0.05) is 12.1 Å². The van der Waals surface area contributed by atoms with Gasteiger partial charge in [-0.25, -0.2) is 0 Å². The average Bonchev–Trinajstić information content (AvgIpc) is 3.22. The number of nitrogens with two attached hydrogens (primary N) is 1. The monoisotopic (exact) mass is 370 g/mol. The summed E-state index contributed by atoms with van der Waals surface area (Å²) in [7, 11) is 1.36. The Morgan fingerprint density at radius 1 is 1.40 bits per heavy atom. The van der Waals surface area contributed by atoms with Gasteiger partial charge >= 0.3 is 5.69 Å². The van der Waals surface area contributed by atoms with Gasteiger partial charge in [-0.2, -0.15) is 4.98 Å². The fourth-order valence-electron chi connectivity index (χ4n) is 2.79. The molecule has 2 N–H and O–H groups in total. The summed E-state index contributed by atoms with van der Waals surface area (Å²) in [5.74, 6) is 1.33. The minimum absolute atomic E-state index is 0. The molecule has 1 aromatic carbocycles. The number of ether oxygens (including phenoxy) is 2. The van der Waals surface area contributed by atoms with Crippen molar-refractivity contribution in [3.8, 4) is 11.5 Å². The molecule has 0 spiro atoms. The van der Waals surface area contributed by atoms with Crippen molar-refractivity contribution in [2.24, 2.45) is 5.73 Å². The van der Waals surface area contributed by atoms with Crippen molar-refractivity contribution in [1.82, 2.24) is 10.1 Å². The van der Waals surface area contributed by atoms with Crippen LogP contribution >= 0.6 is 12.4 Å². The van der Waals surface area contributed by atoms with Gasteiger partial charge in [0.05, 0.1) is 17.6 Å². The van der Waals surface area contributed by atoms with Crippen molar-refractivity contribution in [3.63, 3.8) is 0 Å². The number of hydrogen-bond acceptors (Lipinski definition) is 8. The summed E-state index contributed by atoms with van der Waals surface area (Å²) in [6, 6.07) is 4.25. The van der Waals surface area contributed by atoms with Crippen molar-refractivity contribution in [2.75, 3.05) is 7.11 Å². The van der Waals surface area contributed by atoms with Gasteiger partial charge in [0.15, 0.2) is 12.4 Å². The molecular formula is C15H19ClN4O5.